The van der Waals surface area contributed by atoms with E-state index in [4.69, 9.17) is 0 Å². The van der Waals surface area contributed by atoms with Crippen molar-refractivity contribution in [2.45, 2.75) is 13.3 Å². The van der Waals surface area contributed by atoms with E-state index in [0.29, 0.717) is 18.5 Å². The molecule has 0 spiro atoms. The molecular formula is C16H19N3O3. The summed E-state index contributed by atoms with van der Waals surface area (Å²) in [7, 11) is 1.90. The van der Waals surface area contributed by atoms with Gasteiger partial charge in [-0.2, -0.15) is 0 Å². The van der Waals surface area contributed by atoms with Crippen LogP contribution in [0.1, 0.15) is 23.7 Å². The number of carboxylic acids is 1. The van der Waals surface area contributed by atoms with Crippen LogP contribution < -0.4 is 0 Å². The van der Waals surface area contributed by atoms with Gasteiger partial charge in [0.15, 0.2) is 0 Å². The highest BCUT2D eigenvalue weighted by molar-refractivity contribution is 5.97. The molecule has 6 nitrogen and oxygen atoms in total. The van der Waals surface area contributed by atoms with Crippen LogP contribution in [0.3, 0.4) is 0 Å². The van der Waals surface area contributed by atoms with Crippen molar-refractivity contribution < 1.29 is 14.7 Å². The zero-order valence-corrected chi connectivity index (χ0v) is 12.7. The summed E-state index contributed by atoms with van der Waals surface area (Å²) < 4.78 is 1.90. The normalized spacial score (nSPS) is 22.0. The Hall–Kier alpha value is -2.37. The third-order valence-corrected chi connectivity index (χ3v) is 4.27. The first kappa shape index (κ1) is 14.6. The number of aliphatic carboxylic acids is 1. The Kier molecular flexibility index (Phi) is 3.60. The number of hydrogen-bond donors (Lipinski definition) is 1. The maximum absolute atomic E-state index is 12.7. The fourth-order valence-electron chi connectivity index (χ4n) is 3.15. The van der Waals surface area contributed by atoms with Crippen molar-refractivity contribution in [3.8, 4) is 0 Å². The summed E-state index contributed by atoms with van der Waals surface area (Å²) in [5.74, 6) is -1.24. The van der Waals surface area contributed by atoms with Crippen LogP contribution in [0.4, 0.5) is 0 Å². The second-order valence-electron chi connectivity index (χ2n) is 6.15. The van der Waals surface area contributed by atoms with Gasteiger partial charge in [0.1, 0.15) is 0 Å². The minimum absolute atomic E-state index is 0.120. The monoisotopic (exact) mass is 301 g/mol. The highest BCUT2D eigenvalue weighted by Crippen LogP contribution is 2.24. The summed E-state index contributed by atoms with van der Waals surface area (Å²) in [6.07, 6.45) is 2.33. The molecule has 3 rings (SSSR count). The van der Waals surface area contributed by atoms with Gasteiger partial charge in [-0.3, -0.25) is 9.59 Å². The average molecular weight is 301 g/mol. The Balaban J connectivity index is 1.86. The zero-order valence-electron chi connectivity index (χ0n) is 12.7. The Morgan fingerprint density at radius 3 is 2.82 bits per heavy atom. The van der Waals surface area contributed by atoms with Crippen molar-refractivity contribution in [3.05, 3.63) is 30.1 Å². The number of rotatable bonds is 2. The highest BCUT2D eigenvalue weighted by Gasteiger charge is 2.32. The summed E-state index contributed by atoms with van der Waals surface area (Å²) in [5, 5.41) is 9.22. The van der Waals surface area contributed by atoms with Crippen LogP contribution >= 0.6 is 0 Å². The fraction of sp³-hybridized carbons (Fsp3) is 0.438. The molecule has 1 aromatic carbocycles. The summed E-state index contributed by atoms with van der Waals surface area (Å²) in [6, 6.07) is 5.42. The lowest BCUT2D eigenvalue weighted by Gasteiger charge is -2.34. The molecule has 2 atom stereocenters. The number of aromatic nitrogens is 2. The van der Waals surface area contributed by atoms with Gasteiger partial charge in [0.25, 0.3) is 5.91 Å². The van der Waals surface area contributed by atoms with Crippen LogP contribution in [-0.4, -0.2) is 44.5 Å². The molecule has 2 unspecified atom stereocenters. The van der Waals surface area contributed by atoms with Crippen molar-refractivity contribution in [2.24, 2.45) is 18.9 Å². The van der Waals surface area contributed by atoms with E-state index < -0.39 is 11.9 Å². The van der Waals surface area contributed by atoms with E-state index in [9.17, 15) is 14.7 Å². The average Bonchev–Trinajstić information content (AvgIpc) is 2.86. The van der Waals surface area contributed by atoms with Gasteiger partial charge in [0.2, 0.25) is 0 Å². The van der Waals surface area contributed by atoms with E-state index in [1.807, 2.05) is 24.6 Å². The molecule has 0 aliphatic carbocycles. The summed E-state index contributed by atoms with van der Waals surface area (Å²) >= 11 is 0. The molecule has 2 heterocycles. The predicted molar refractivity (Wildman–Crippen MR) is 81.5 cm³/mol. The summed E-state index contributed by atoms with van der Waals surface area (Å²) in [4.78, 5) is 29.8. The van der Waals surface area contributed by atoms with E-state index in [0.717, 1.165) is 11.0 Å². The topological polar surface area (TPSA) is 75.4 Å². The van der Waals surface area contributed by atoms with E-state index in [-0.39, 0.29) is 18.4 Å². The number of hydrogen-bond acceptors (Lipinski definition) is 3. The molecule has 116 valence electrons. The maximum Gasteiger partial charge on any atom is 0.308 e. The highest BCUT2D eigenvalue weighted by atomic mass is 16.4. The van der Waals surface area contributed by atoms with Gasteiger partial charge < -0.3 is 14.6 Å². The number of piperidine rings is 1. The largest absolute Gasteiger partial charge is 0.481 e. The number of fused-ring (bicyclic) bond motifs is 1. The van der Waals surface area contributed by atoms with Gasteiger partial charge >= 0.3 is 5.97 Å². The van der Waals surface area contributed by atoms with Crippen LogP contribution in [0.15, 0.2) is 24.5 Å². The third kappa shape index (κ3) is 2.56. The van der Waals surface area contributed by atoms with Crippen LogP contribution in [0, 0.1) is 11.8 Å². The number of nitrogens with zero attached hydrogens (tertiary/aromatic N) is 3. The molecule has 1 N–H and O–H groups in total. The van der Waals surface area contributed by atoms with Gasteiger partial charge in [-0.1, -0.05) is 6.92 Å². The fourth-order valence-corrected chi connectivity index (χ4v) is 3.15. The predicted octanol–water partition coefficient (Wildman–Crippen LogP) is 1.76. The number of imidazole rings is 1. The zero-order chi connectivity index (χ0) is 15.9. The van der Waals surface area contributed by atoms with Gasteiger partial charge in [-0.25, -0.2) is 4.98 Å². The van der Waals surface area contributed by atoms with E-state index in [1.165, 1.54) is 0 Å². The first-order valence-corrected chi connectivity index (χ1v) is 7.39. The maximum atomic E-state index is 12.7. The SMILES string of the molecule is CC1CC(C(=O)O)CN(C(=O)c2ccc3c(c2)ncn3C)C1. The lowest BCUT2D eigenvalue weighted by atomic mass is 9.90. The molecule has 0 bridgehead atoms. The van der Waals surface area contributed by atoms with Crippen LogP contribution in [0.2, 0.25) is 0 Å². The first-order valence-electron chi connectivity index (χ1n) is 7.39. The number of aryl methyl sites for hydroxylation is 1. The van der Waals surface area contributed by atoms with E-state index in [2.05, 4.69) is 4.98 Å². The molecule has 1 aromatic heterocycles. The molecule has 22 heavy (non-hydrogen) atoms. The van der Waals surface area contributed by atoms with Crippen LogP contribution in [-0.2, 0) is 11.8 Å². The van der Waals surface area contributed by atoms with Crippen molar-refractivity contribution in [2.75, 3.05) is 13.1 Å². The summed E-state index contributed by atoms with van der Waals surface area (Å²) in [6.45, 7) is 2.86. The first-order chi connectivity index (χ1) is 10.5. The Labute approximate surface area is 128 Å². The molecule has 1 aliphatic heterocycles. The van der Waals surface area contributed by atoms with E-state index in [1.54, 1.807) is 23.4 Å². The molecular weight excluding hydrogens is 282 g/mol. The number of carbonyl (C=O) groups excluding carboxylic acids is 1. The number of amides is 1. The minimum Gasteiger partial charge on any atom is -0.481 e. The summed E-state index contributed by atoms with van der Waals surface area (Å²) in [5.41, 5.74) is 2.30. The van der Waals surface area contributed by atoms with Crippen molar-refractivity contribution in [1.82, 2.24) is 14.5 Å². The molecule has 1 aliphatic rings. The van der Waals surface area contributed by atoms with Crippen molar-refractivity contribution in [3.63, 3.8) is 0 Å². The van der Waals surface area contributed by atoms with Gasteiger partial charge in [0, 0.05) is 25.7 Å². The smallest absolute Gasteiger partial charge is 0.308 e. The Morgan fingerprint density at radius 1 is 1.32 bits per heavy atom. The number of benzene rings is 1. The molecule has 0 radical (unpaired) electrons. The van der Waals surface area contributed by atoms with Crippen LogP contribution in [0.25, 0.3) is 11.0 Å². The van der Waals surface area contributed by atoms with Crippen molar-refractivity contribution >= 4 is 22.9 Å². The minimum atomic E-state index is -0.829. The second-order valence-corrected chi connectivity index (χ2v) is 6.15. The van der Waals surface area contributed by atoms with E-state index >= 15 is 0 Å². The lowest BCUT2D eigenvalue weighted by molar-refractivity contribution is -0.143. The quantitative estimate of drug-likeness (QED) is 0.917. The molecule has 2 aromatic rings. The molecule has 1 fully saturated rings. The Morgan fingerprint density at radius 2 is 2.09 bits per heavy atom. The molecule has 6 heteroatoms. The van der Waals surface area contributed by atoms with Gasteiger partial charge in [-0.05, 0) is 30.5 Å². The second kappa shape index (κ2) is 5.44. The van der Waals surface area contributed by atoms with Gasteiger partial charge in [-0.15, -0.1) is 0 Å². The third-order valence-electron chi connectivity index (χ3n) is 4.27. The van der Waals surface area contributed by atoms with Crippen molar-refractivity contribution in [1.29, 1.82) is 0 Å². The van der Waals surface area contributed by atoms with Crippen LogP contribution in [0.5, 0.6) is 0 Å². The van der Waals surface area contributed by atoms with Gasteiger partial charge in [0.05, 0.1) is 23.3 Å². The molecule has 1 saturated heterocycles. The number of likely N-dealkylation sites (tertiary alicyclic amines) is 1. The number of carboxylic acid groups (broad SMARTS) is 1. The number of carbonyl (C=O) groups is 2. The molecule has 0 saturated carbocycles. The standard InChI is InChI=1S/C16H19N3O3/c1-10-5-12(16(21)22)8-19(7-10)15(20)11-3-4-14-13(6-11)17-9-18(14)2/h3-4,6,9-10,12H,5,7-8H2,1-2H3,(H,21,22). The lowest BCUT2D eigenvalue weighted by Crippen LogP contribution is -2.45. The Bertz CT molecular complexity index is 737. The molecule has 1 amide bonds.